The Labute approximate surface area is 115 Å². The maximum atomic E-state index is 4.22. The van der Waals surface area contributed by atoms with E-state index in [4.69, 9.17) is 0 Å². The Balaban J connectivity index is 2.06. The molecule has 0 radical (unpaired) electrons. The number of nitrogens with one attached hydrogen (secondary N) is 1. The van der Waals surface area contributed by atoms with Gasteiger partial charge in [0, 0.05) is 25.0 Å². The van der Waals surface area contributed by atoms with Crippen LogP contribution in [0.25, 0.3) is 0 Å². The van der Waals surface area contributed by atoms with Gasteiger partial charge in [0.15, 0.2) is 0 Å². The van der Waals surface area contributed by atoms with E-state index >= 15 is 0 Å². The summed E-state index contributed by atoms with van der Waals surface area (Å²) in [6.07, 6.45) is 4.00. The molecule has 1 aromatic heterocycles. The predicted octanol–water partition coefficient (Wildman–Crippen LogP) is 3.01. The number of hydrogen-bond acceptors (Lipinski definition) is 2. The second-order valence-corrected chi connectivity index (χ2v) is 5.01. The average Bonchev–Trinajstić information content (AvgIpc) is 2.80. The summed E-state index contributed by atoms with van der Waals surface area (Å²) < 4.78 is 1.96. The minimum Gasteiger partial charge on any atom is -0.310 e. The van der Waals surface area contributed by atoms with Crippen LogP contribution in [0.1, 0.15) is 36.2 Å². The summed E-state index contributed by atoms with van der Waals surface area (Å²) in [5.41, 5.74) is 3.99. The van der Waals surface area contributed by atoms with Gasteiger partial charge < -0.3 is 5.32 Å². The summed E-state index contributed by atoms with van der Waals surface area (Å²) in [7, 11) is 2.00. The second-order valence-electron chi connectivity index (χ2n) is 5.01. The van der Waals surface area contributed by atoms with Gasteiger partial charge in [-0.25, -0.2) is 0 Å². The Hall–Kier alpha value is -1.61. The number of rotatable bonds is 6. The first-order chi connectivity index (χ1) is 9.20. The highest BCUT2D eigenvalue weighted by atomic mass is 15.2. The van der Waals surface area contributed by atoms with Gasteiger partial charge in [0.1, 0.15) is 0 Å². The summed E-state index contributed by atoms with van der Waals surface area (Å²) in [6.45, 7) is 5.30. The molecular formula is C16H23N3. The third kappa shape index (κ3) is 3.67. The molecule has 1 atom stereocenters. The maximum Gasteiger partial charge on any atom is 0.0492 e. The quantitative estimate of drug-likeness (QED) is 0.862. The Morgan fingerprint density at radius 3 is 2.79 bits per heavy atom. The van der Waals surface area contributed by atoms with Crippen molar-refractivity contribution in [2.75, 3.05) is 6.54 Å². The summed E-state index contributed by atoms with van der Waals surface area (Å²) in [5, 5.41) is 7.80. The molecule has 0 saturated carbocycles. The number of nitrogens with zero attached hydrogens (tertiary/aromatic N) is 2. The highest BCUT2D eigenvalue weighted by Gasteiger charge is 2.11. The fraction of sp³-hybridized carbons (Fsp3) is 0.438. The van der Waals surface area contributed by atoms with Gasteiger partial charge in [-0.2, -0.15) is 5.10 Å². The van der Waals surface area contributed by atoms with Crippen LogP contribution in [-0.2, 0) is 13.5 Å². The molecule has 102 valence electrons. The Morgan fingerprint density at radius 1 is 1.32 bits per heavy atom. The lowest BCUT2D eigenvalue weighted by Crippen LogP contribution is -2.21. The molecule has 0 spiro atoms. The normalized spacial score (nSPS) is 12.6. The third-order valence-corrected chi connectivity index (χ3v) is 3.51. The van der Waals surface area contributed by atoms with E-state index in [0.29, 0.717) is 6.04 Å². The SMILES string of the molecule is CCNC(CCc1ccnn1C)c1cccc(C)c1. The summed E-state index contributed by atoms with van der Waals surface area (Å²) in [6, 6.07) is 11.3. The topological polar surface area (TPSA) is 29.9 Å². The van der Waals surface area contributed by atoms with Crippen LogP contribution in [0.3, 0.4) is 0 Å². The summed E-state index contributed by atoms with van der Waals surface area (Å²) >= 11 is 0. The molecule has 0 bridgehead atoms. The van der Waals surface area contributed by atoms with E-state index in [1.54, 1.807) is 0 Å². The molecule has 2 aromatic rings. The average molecular weight is 257 g/mol. The number of aryl methyl sites for hydroxylation is 3. The van der Waals surface area contributed by atoms with Crippen molar-refractivity contribution in [1.82, 2.24) is 15.1 Å². The minimum atomic E-state index is 0.416. The molecule has 1 unspecified atom stereocenters. The zero-order valence-corrected chi connectivity index (χ0v) is 12.1. The molecule has 19 heavy (non-hydrogen) atoms. The van der Waals surface area contributed by atoms with Crippen LogP contribution < -0.4 is 5.32 Å². The Morgan fingerprint density at radius 2 is 2.16 bits per heavy atom. The van der Waals surface area contributed by atoms with E-state index in [1.807, 2.05) is 17.9 Å². The van der Waals surface area contributed by atoms with E-state index in [2.05, 4.69) is 54.6 Å². The zero-order valence-electron chi connectivity index (χ0n) is 12.1. The van der Waals surface area contributed by atoms with Crippen LogP contribution in [0, 0.1) is 6.92 Å². The van der Waals surface area contributed by atoms with Crippen molar-refractivity contribution >= 4 is 0 Å². The smallest absolute Gasteiger partial charge is 0.0492 e. The van der Waals surface area contributed by atoms with Crippen molar-refractivity contribution in [2.24, 2.45) is 7.05 Å². The molecule has 0 amide bonds. The fourth-order valence-corrected chi connectivity index (χ4v) is 2.46. The van der Waals surface area contributed by atoms with Gasteiger partial charge in [0.25, 0.3) is 0 Å². The van der Waals surface area contributed by atoms with E-state index < -0.39 is 0 Å². The zero-order chi connectivity index (χ0) is 13.7. The van der Waals surface area contributed by atoms with Crippen LogP contribution in [-0.4, -0.2) is 16.3 Å². The van der Waals surface area contributed by atoms with Crippen molar-refractivity contribution in [3.05, 3.63) is 53.3 Å². The summed E-state index contributed by atoms with van der Waals surface area (Å²) in [4.78, 5) is 0. The Bertz CT molecular complexity index is 516. The van der Waals surface area contributed by atoms with Gasteiger partial charge in [-0.15, -0.1) is 0 Å². The first kappa shape index (κ1) is 13.8. The van der Waals surface area contributed by atoms with Gasteiger partial charge >= 0.3 is 0 Å². The first-order valence-corrected chi connectivity index (χ1v) is 6.97. The van der Waals surface area contributed by atoms with Crippen LogP contribution in [0.5, 0.6) is 0 Å². The van der Waals surface area contributed by atoms with E-state index in [-0.39, 0.29) is 0 Å². The monoisotopic (exact) mass is 257 g/mol. The maximum absolute atomic E-state index is 4.22. The standard InChI is InChI=1S/C16H23N3/c1-4-17-16(14-7-5-6-13(2)12-14)9-8-15-10-11-18-19(15)3/h5-7,10-12,16-17H,4,8-9H2,1-3H3. The van der Waals surface area contributed by atoms with E-state index in [0.717, 1.165) is 19.4 Å². The molecule has 0 fully saturated rings. The summed E-state index contributed by atoms with van der Waals surface area (Å²) in [5.74, 6) is 0. The van der Waals surface area contributed by atoms with Crippen molar-refractivity contribution in [3.63, 3.8) is 0 Å². The largest absolute Gasteiger partial charge is 0.310 e. The molecule has 1 N–H and O–H groups in total. The predicted molar refractivity (Wildman–Crippen MR) is 79.1 cm³/mol. The van der Waals surface area contributed by atoms with Crippen molar-refractivity contribution in [3.8, 4) is 0 Å². The lowest BCUT2D eigenvalue weighted by Gasteiger charge is -2.19. The second kappa shape index (κ2) is 6.53. The van der Waals surface area contributed by atoms with Gasteiger partial charge in [-0.1, -0.05) is 36.8 Å². The van der Waals surface area contributed by atoms with Gasteiger partial charge in [-0.3, -0.25) is 4.68 Å². The van der Waals surface area contributed by atoms with Gasteiger partial charge in [-0.05, 0) is 37.9 Å². The molecule has 0 aliphatic rings. The molecule has 3 nitrogen and oxygen atoms in total. The third-order valence-electron chi connectivity index (χ3n) is 3.51. The molecule has 2 rings (SSSR count). The van der Waals surface area contributed by atoms with Crippen molar-refractivity contribution < 1.29 is 0 Å². The number of benzene rings is 1. The molecule has 0 aliphatic heterocycles. The molecular weight excluding hydrogens is 234 g/mol. The lowest BCUT2D eigenvalue weighted by atomic mass is 9.99. The number of aromatic nitrogens is 2. The van der Waals surface area contributed by atoms with Crippen molar-refractivity contribution in [1.29, 1.82) is 0 Å². The minimum absolute atomic E-state index is 0.416. The number of hydrogen-bond donors (Lipinski definition) is 1. The van der Waals surface area contributed by atoms with E-state index in [1.165, 1.54) is 16.8 Å². The molecule has 1 aromatic carbocycles. The van der Waals surface area contributed by atoms with Crippen molar-refractivity contribution in [2.45, 2.75) is 32.7 Å². The molecule has 3 heteroatoms. The molecule has 0 saturated heterocycles. The first-order valence-electron chi connectivity index (χ1n) is 6.97. The van der Waals surface area contributed by atoms with E-state index in [9.17, 15) is 0 Å². The van der Waals surface area contributed by atoms with Gasteiger partial charge in [0.05, 0.1) is 0 Å². The highest BCUT2D eigenvalue weighted by molar-refractivity contribution is 5.25. The van der Waals surface area contributed by atoms with Crippen LogP contribution in [0.4, 0.5) is 0 Å². The van der Waals surface area contributed by atoms with Crippen LogP contribution >= 0.6 is 0 Å². The fourth-order valence-electron chi connectivity index (χ4n) is 2.46. The molecule has 1 heterocycles. The highest BCUT2D eigenvalue weighted by Crippen LogP contribution is 2.20. The van der Waals surface area contributed by atoms with Gasteiger partial charge in [0.2, 0.25) is 0 Å². The molecule has 0 aliphatic carbocycles. The lowest BCUT2D eigenvalue weighted by molar-refractivity contribution is 0.506. The van der Waals surface area contributed by atoms with Crippen LogP contribution in [0.15, 0.2) is 36.5 Å². The Kier molecular flexibility index (Phi) is 4.74. The van der Waals surface area contributed by atoms with Crippen LogP contribution in [0.2, 0.25) is 0 Å².